The molecule has 3 N–H and O–H groups in total. The van der Waals surface area contributed by atoms with Gasteiger partial charge in [-0.15, -0.1) is 0 Å². The number of nitrogens with zero attached hydrogens (tertiary/aromatic N) is 2. The van der Waals surface area contributed by atoms with Gasteiger partial charge in [-0.2, -0.15) is 4.31 Å². The van der Waals surface area contributed by atoms with E-state index in [0.29, 0.717) is 0 Å². The fraction of sp³-hybridized carbons (Fsp3) is 0.400. The summed E-state index contributed by atoms with van der Waals surface area (Å²) in [5.74, 6) is -1.39. The number of carbonyl (C=O) groups excluding carboxylic acids is 3. The molecule has 186 valence electrons. The number of piperidine rings is 1. The lowest BCUT2D eigenvalue weighted by Crippen LogP contribution is -2.67. The van der Waals surface area contributed by atoms with Crippen LogP contribution in [0, 0.1) is 6.92 Å². The zero-order valence-corrected chi connectivity index (χ0v) is 20.5. The van der Waals surface area contributed by atoms with E-state index in [2.05, 4.69) is 5.32 Å². The minimum atomic E-state index is -3.77. The van der Waals surface area contributed by atoms with Crippen molar-refractivity contribution in [2.24, 2.45) is 5.73 Å². The summed E-state index contributed by atoms with van der Waals surface area (Å²) in [7, 11) is -3.77. The number of likely N-dealkylation sites (tertiary alicyclic amines) is 1. The number of hydrogen-bond acceptors (Lipinski definition) is 5. The number of nitrogens with one attached hydrogen (secondary N) is 1. The van der Waals surface area contributed by atoms with Gasteiger partial charge in [0.05, 0.1) is 4.90 Å². The maximum absolute atomic E-state index is 13.6. The number of primary amides is 1. The van der Waals surface area contributed by atoms with Crippen LogP contribution in [0.15, 0.2) is 59.5 Å². The van der Waals surface area contributed by atoms with Crippen molar-refractivity contribution in [3.63, 3.8) is 0 Å². The van der Waals surface area contributed by atoms with Gasteiger partial charge in [0.25, 0.3) is 0 Å². The molecule has 2 aromatic rings. The molecule has 35 heavy (non-hydrogen) atoms. The fourth-order valence-electron chi connectivity index (χ4n) is 4.97. The number of carbonyl (C=O) groups is 3. The summed E-state index contributed by atoms with van der Waals surface area (Å²) in [6.07, 6.45) is 0.489. The Balaban J connectivity index is 1.61. The Morgan fingerprint density at radius 3 is 2.29 bits per heavy atom. The molecule has 2 fully saturated rings. The van der Waals surface area contributed by atoms with Gasteiger partial charge in [0, 0.05) is 26.1 Å². The Labute approximate surface area is 205 Å². The highest BCUT2D eigenvalue weighted by Gasteiger charge is 2.54. The molecule has 0 aliphatic carbocycles. The van der Waals surface area contributed by atoms with Crippen LogP contribution in [0.3, 0.4) is 0 Å². The van der Waals surface area contributed by atoms with Gasteiger partial charge in [0.2, 0.25) is 27.7 Å². The number of rotatable bonds is 7. The van der Waals surface area contributed by atoms with E-state index in [9.17, 15) is 22.8 Å². The molecule has 0 bridgehead atoms. The summed E-state index contributed by atoms with van der Waals surface area (Å²) in [5.41, 5.74) is 6.07. The lowest BCUT2D eigenvalue weighted by molar-refractivity contribution is -0.152. The smallest absolute Gasteiger partial charge is 0.246 e. The highest BCUT2D eigenvalue weighted by Crippen LogP contribution is 2.37. The van der Waals surface area contributed by atoms with Crippen LogP contribution >= 0.6 is 0 Å². The van der Waals surface area contributed by atoms with Crippen LogP contribution < -0.4 is 11.1 Å². The van der Waals surface area contributed by atoms with Gasteiger partial charge in [-0.3, -0.25) is 14.4 Å². The molecule has 4 rings (SSSR count). The topological polar surface area (TPSA) is 130 Å². The summed E-state index contributed by atoms with van der Waals surface area (Å²) < 4.78 is 27.8. The lowest BCUT2D eigenvalue weighted by atomic mass is 9.84. The molecule has 2 heterocycles. The van der Waals surface area contributed by atoms with E-state index >= 15 is 0 Å². The van der Waals surface area contributed by atoms with Gasteiger partial charge in [0.15, 0.2) is 0 Å². The van der Waals surface area contributed by atoms with E-state index in [1.54, 1.807) is 24.3 Å². The van der Waals surface area contributed by atoms with E-state index in [1.165, 1.54) is 9.21 Å². The predicted octanol–water partition coefficient (Wildman–Crippen LogP) is 1.31. The number of aryl methyl sites for hydroxylation is 1. The Morgan fingerprint density at radius 1 is 1.06 bits per heavy atom. The first-order valence-electron chi connectivity index (χ1n) is 11.7. The first kappa shape index (κ1) is 24.9. The van der Waals surface area contributed by atoms with Crippen molar-refractivity contribution in [2.45, 2.75) is 55.6 Å². The number of hydrogen-bond donors (Lipinski definition) is 2. The minimum absolute atomic E-state index is 0.0320. The van der Waals surface area contributed by atoms with Crippen LogP contribution in [0.4, 0.5) is 0 Å². The molecule has 10 heteroatoms. The Morgan fingerprint density at radius 2 is 1.69 bits per heavy atom. The van der Waals surface area contributed by atoms with Crippen LogP contribution in [0.1, 0.15) is 36.8 Å². The van der Waals surface area contributed by atoms with Gasteiger partial charge in [0.1, 0.15) is 11.6 Å². The Kier molecular flexibility index (Phi) is 6.95. The first-order valence-corrected chi connectivity index (χ1v) is 13.1. The molecule has 3 amide bonds. The van der Waals surface area contributed by atoms with Crippen molar-refractivity contribution in [2.75, 3.05) is 13.1 Å². The molecule has 2 aliphatic heterocycles. The van der Waals surface area contributed by atoms with Crippen molar-refractivity contribution >= 4 is 27.7 Å². The second-order valence-corrected chi connectivity index (χ2v) is 11.1. The van der Waals surface area contributed by atoms with Crippen LogP contribution in [0.25, 0.3) is 0 Å². The van der Waals surface area contributed by atoms with Gasteiger partial charge in [-0.05, 0) is 43.9 Å². The van der Waals surface area contributed by atoms with Crippen LogP contribution in [-0.4, -0.2) is 60.0 Å². The zero-order chi connectivity index (χ0) is 25.2. The molecule has 0 aromatic heterocycles. The largest absolute Gasteiger partial charge is 0.368 e. The minimum Gasteiger partial charge on any atom is -0.368 e. The van der Waals surface area contributed by atoms with Crippen molar-refractivity contribution in [1.29, 1.82) is 0 Å². The molecule has 0 saturated carbocycles. The predicted molar refractivity (Wildman–Crippen MR) is 129 cm³/mol. The number of sulfonamides is 1. The van der Waals surface area contributed by atoms with E-state index < -0.39 is 33.4 Å². The molecule has 0 spiro atoms. The zero-order valence-electron chi connectivity index (χ0n) is 19.6. The standard InChI is InChI=1S/C25H30N4O5S/c1-18-7-9-20(10-8-18)35(33,34)28-15-13-25(14-16-28,29-21(23(26)31)11-12-22(29)30)24(32)27-17-19-5-3-2-4-6-19/h2-10,21H,11-17H2,1H3,(H2,26,31)(H,27,32)/t21-/m0/s1. The van der Waals surface area contributed by atoms with Crippen molar-refractivity contribution in [3.05, 3.63) is 65.7 Å². The molecule has 2 aromatic carbocycles. The molecular formula is C25H30N4O5S. The van der Waals surface area contributed by atoms with Crippen molar-refractivity contribution in [1.82, 2.24) is 14.5 Å². The molecule has 2 aliphatic rings. The van der Waals surface area contributed by atoms with Gasteiger partial charge in [-0.1, -0.05) is 48.0 Å². The van der Waals surface area contributed by atoms with Gasteiger partial charge >= 0.3 is 0 Å². The normalized spacial score (nSPS) is 20.5. The fourth-order valence-corrected chi connectivity index (χ4v) is 6.41. The maximum atomic E-state index is 13.6. The average Bonchev–Trinajstić information content (AvgIpc) is 3.25. The van der Waals surface area contributed by atoms with Crippen LogP contribution in [0.5, 0.6) is 0 Å². The van der Waals surface area contributed by atoms with Crippen LogP contribution in [0.2, 0.25) is 0 Å². The maximum Gasteiger partial charge on any atom is 0.246 e. The average molecular weight is 499 g/mol. The third-order valence-corrected chi connectivity index (χ3v) is 8.84. The summed E-state index contributed by atoms with van der Waals surface area (Å²) in [5, 5.41) is 2.91. The molecule has 0 unspecified atom stereocenters. The quantitative estimate of drug-likeness (QED) is 0.595. The van der Waals surface area contributed by atoms with Crippen molar-refractivity contribution < 1.29 is 22.8 Å². The summed E-state index contributed by atoms with van der Waals surface area (Å²) in [6, 6.07) is 15.0. The molecule has 1 atom stereocenters. The van der Waals surface area contributed by atoms with E-state index in [1.807, 2.05) is 37.3 Å². The lowest BCUT2D eigenvalue weighted by Gasteiger charge is -2.47. The number of benzene rings is 2. The van der Waals surface area contributed by atoms with E-state index in [4.69, 9.17) is 5.73 Å². The third kappa shape index (κ3) is 4.81. The monoisotopic (exact) mass is 498 g/mol. The second-order valence-electron chi connectivity index (χ2n) is 9.14. The third-order valence-electron chi connectivity index (χ3n) is 6.93. The highest BCUT2D eigenvalue weighted by molar-refractivity contribution is 7.89. The second kappa shape index (κ2) is 9.79. The number of amides is 3. The van der Waals surface area contributed by atoms with Crippen LogP contribution in [-0.2, 0) is 31.0 Å². The van der Waals surface area contributed by atoms with Gasteiger partial charge < -0.3 is 16.0 Å². The highest BCUT2D eigenvalue weighted by atomic mass is 32.2. The Hall–Kier alpha value is -3.24. The van der Waals surface area contributed by atoms with E-state index in [0.717, 1.165) is 11.1 Å². The van der Waals surface area contributed by atoms with Gasteiger partial charge in [-0.25, -0.2) is 8.42 Å². The molecule has 9 nitrogen and oxygen atoms in total. The molecule has 2 saturated heterocycles. The summed E-state index contributed by atoms with van der Waals surface area (Å²) >= 11 is 0. The summed E-state index contributed by atoms with van der Waals surface area (Å²) in [4.78, 5) is 40.2. The Bertz CT molecular complexity index is 1210. The number of nitrogens with two attached hydrogens (primary N) is 1. The van der Waals surface area contributed by atoms with E-state index in [-0.39, 0.29) is 56.1 Å². The molecular weight excluding hydrogens is 468 g/mol. The SMILES string of the molecule is Cc1ccc(S(=O)(=O)N2CCC(C(=O)NCc3ccccc3)(N3C(=O)CC[C@H]3C(N)=O)CC2)cc1. The summed E-state index contributed by atoms with van der Waals surface area (Å²) in [6.45, 7) is 2.19. The molecule has 0 radical (unpaired) electrons. The van der Waals surface area contributed by atoms with Crippen molar-refractivity contribution in [3.8, 4) is 0 Å². The first-order chi connectivity index (χ1) is 16.6.